The highest BCUT2D eigenvalue weighted by Crippen LogP contribution is 2.53. The molecule has 0 radical (unpaired) electrons. The lowest BCUT2D eigenvalue weighted by atomic mass is 9.72. The number of rotatable bonds is 6. The standard InChI is InChI=1S/C42H44N3O/c1-8-40(5,9-2)29-24-34(41(6,10-3)11-4)46-42(25-29)32-22-20-27-16-12-14-18-30(27)35(32)38-39-37(43-26-45(38)42)36-31-19-15-13-17-28(31)21-23-33(36)44(39)7/h12-26H,8-11H2,1-7H3/q+1. The molecule has 0 saturated heterocycles. The van der Waals surface area contributed by atoms with Gasteiger partial charge >= 0.3 is 0 Å². The zero-order valence-corrected chi connectivity index (χ0v) is 28.2. The molecule has 6 aromatic rings. The Morgan fingerprint density at radius 1 is 0.783 bits per heavy atom. The molecule has 0 fully saturated rings. The molecule has 232 valence electrons. The zero-order chi connectivity index (χ0) is 32.0. The van der Waals surface area contributed by atoms with Gasteiger partial charge in [0.15, 0.2) is 5.69 Å². The molecule has 2 aromatic heterocycles. The molecule has 0 bridgehead atoms. The van der Waals surface area contributed by atoms with E-state index < -0.39 is 5.72 Å². The van der Waals surface area contributed by atoms with Crippen molar-refractivity contribution in [3.8, 4) is 11.3 Å². The summed E-state index contributed by atoms with van der Waals surface area (Å²) in [5.74, 6) is 1.07. The van der Waals surface area contributed by atoms with Gasteiger partial charge in [-0.2, -0.15) is 4.57 Å². The smallest absolute Gasteiger partial charge is 0.300 e. The van der Waals surface area contributed by atoms with Crippen LogP contribution in [0.15, 0.2) is 103 Å². The number of benzene rings is 4. The Morgan fingerprint density at radius 3 is 2.11 bits per heavy atom. The number of ether oxygens (including phenoxy) is 1. The fourth-order valence-electron chi connectivity index (χ4n) is 8.09. The number of fused-ring (bicyclic) bond motifs is 13. The molecule has 1 atom stereocenters. The maximum absolute atomic E-state index is 7.53. The van der Waals surface area contributed by atoms with Gasteiger partial charge in [-0.15, -0.1) is 0 Å². The Balaban J connectivity index is 1.55. The van der Waals surface area contributed by atoms with Crippen molar-refractivity contribution < 1.29 is 9.30 Å². The normalized spacial score (nSPS) is 17.9. The largest absolute Gasteiger partial charge is 0.446 e. The van der Waals surface area contributed by atoms with E-state index in [2.05, 4.69) is 149 Å². The molecule has 0 aliphatic carbocycles. The maximum Gasteiger partial charge on any atom is 0.300 e. The van der Waals surface area contributed by atoms with Crippen LogP contribution in [0.5, 0.6) is 0 Å². The van der Waals surface area contributed by atoms with E-state index >= 15 is 0 Å². The lowest BCUT2D eigenvalue weighted by Gasteiger charge is -2.41. The first kappa shape index (κ1) is 29.0. The van der Waals surface area contributed by atoms with Gasteiger partial charge in [0, 0.05) is 24.1 Å². The molecule has 4 aromatic carbocycles. The van der Waals surface area contributed by atoms with Gasteiger partial charge in [-0.1, -0.05) is 102 Å². The summed E-state index contributed by atoms with van der Waals surface area (Å²) >= 11 is 0. The molecule has 4 nitrogen and oxygen atoms in total. The molecule has 0 saturated carbocycles. The molecule has 1 spiro atoms. The Kier molecular flexibility index (Phi) is 6.32. The van der Waals surface area contributed by atoms with E-state index in [0.717, 1.165) is 42.5 Å². The van der Waals surface area contributed by atoms with E-state index in [0.29, 0.717) is 0 Å². The van der Waals surface area contributed by atoms with Crippen molar-refractivity contribution in [1.82, 2.24) is 9.55 Å². The van der Waals surface area contributed by atoms with Crippen LogP contribution in [-0.2, 0) is 17.5 Å². The zero-order valence-electron chi connectivity index (χ0n) is 28.2. The van der Waals surface area contributed by atoms with Gasteiger partial charge in [-0.25, -0.2) is 0 Å². The van der Waals surface area contributed by atoms with Crippen LogP contribution in [0.1, 0.15) is 72.8 Å². The van der Waals surface area contributed by atoms with Crippen molar-refractivity contribution in [3.63, 3.8) is 0 Å². The molecule has 0 N–H and O–H groups in total. The Labute approximate surface area is 272 Å². The summed E-state index contributed by atoms with van der Waals surface area (Å²) in [6.07, 6.45) is 11.0. The third kappa shape index (κ3) is 3.67. The minimum atomic E-state index is -0.856. The first-order chi connectivity index (χ1) is 22.2. The number of hydrogen-bond acceptors (Lipinski definition) is 2. The molecule has 46 heavy (non-hydrogen) atoms. The first-order valence-electron chi connectivity index (χ1n) is 17.1. The number of aryl methyl sites for hydroxylation is 1. The highest BCUT2D eigenvalue weighted by Gasteiger charge is 2.55. The fraction of sp³-hybridized carbons (Fsp3) is 0.333. The fourth-order valence-corrected chi connectivity index (χ4v) is 8.09. The second-order valence-electron chi connectivity index (χ2n) is 14.1. The summed E-state index contributed by atoms with van der Waals surface area (Å²) in [5, 5.41) is 6.14. The Morgan fingerprint density at radius 2 is 1.41 bits per heavy atom. The summed E-state index contributed by atoms with van der Waals surface area (Å²) in [7, 11) is 2.20. The average molecular weight is 607 g/mol. The summed E-state index contributed by atoms with van der Waals surface area (Å²) in [6.45, 7) is 14.0. The molecular weight excluding hydrogens is 562 g/mol. The van der Waals surface area contributed by atoms with Crippen molar-refractivity contribution >= 4 is 43.5 Å². The quantitative estimate of drug-likeness (QED) is 0.177. The average Bonchev–Trinajstić information content (AvgIpc) is 3.55. The van der Waals surface area contributed by atoms with Crippen LogP contribution >= 0.6 is 0 Å². The number of aromatic nitrogens is 3. The van der Waals surface area contributed by atoms with Gasteiger partial charge in [-0.3, -0.25) is 0 Å². The van der Waals surface area contributed by atoms with Gasteiger partial charge in [0.25, 0.3) is 12.1 Å². The summed E-state index contributed by atoms with van der Waals surface area (Å²) in [6, 6.07) is 26.5. The molecule has 8 rings (SSSR count). The minimum Gasteiger partial charge on any atom is -0.446 e. The lowest BCUT2D eigenvalue weighted by molar-refractivity contribution is -0.769. The first-order valence-corrected chi connectivity index (χ1v) is 17.1. The summed E-state index contributed by atoms with van der Waals surface area (Å²) < 4.78 is 12.2. The summed E-state index contributed by atoms with van der Waals surface area (Å²) in [4.78, 5) is 5.33. The third-order valence-corrected chi connectivity index (χ3v) is 12.1. The molecule has 1 unspecified atom stereocenters. The third-order valence-electron chi connectivity index (χ3n) is 12.1. The van der Waals surface area contributed by atoms with Crippen LogP contribution in [0.3, 0.4) is 0 Å². The van der Waals surface area contributed by atoms with Crippen LogP contribution in [-0.4, -0.2) is 9.55 Å². The van der Waals surface area contributed by atoms with E-state index in [1.807, 2.05) is 0 Å². The second kappa shape index (κ2) is 10.0. The van der Waals surface area contributed by atoms with Crippen molar-refractivity contribution in [1.29, 1.82) is 0 Å². The van der Waals surface area contributed by atoms with E-state index in [-0.39, 0.29) is 10.8 Å². The van der Waals surface area contributed by atoms with Crippen molar-refractivity contribution in [2.75, 3.05) is 0 Å². The minimum absolute atomic E-state index is 0.0147. The van der Waals surface area contributed by atoms with Crippen LogP contribution in [0.2, 0.25) is 0 Å². The van der Waals surface area contributed by atoms with E-state index in [9.17, 15) is 0 Å². The summed E-state index contributed by atoms with van der Waals surface area (Å²) in [5.41, 5.74) is 7.37. The van der Waals surface area contributed by atoms with Crippen LogP contribution in [0.4, 0.5) is 0 Å². The van der Waals surface area contributed by atoms with Crippen LogP contribution in [0.25, 0.3) is 54.7 Å². The SMILES string of the molecule is CCC(C)(CC)C1=CC2(OC(C(C)(CC)CC)=C1)c1ccc3ccccc3c1-c1c3c(nc[n+]12)c1c2ccccc2ccc1n3C. The number of nitrogens with zero attached hydrogens (tertiary/aromatic N) is 3. The van der Waals surface area contributed by atoms with Gasteiger partial charge in [0.1, 0.15) is 11.3 Å². The Hall–Kier alpha value is -4.44. The predicted molar refractivity (Wildman–Crippen MR) is 191 cm³/mol. The molecule has 4 heteroatoms. The van der Waals surface area contributed by atoms with E-state index in [4.69, 9.17) is 9.72 Å². The molecule has 2 aliphatic rings. The van der Waals surface area contributed by atoms with Gasteiger partial charge in [0.05, 0.1) is 16.5 Å². The second-order valence-corrected chi connectivity index (χ2v) is 14.1. The number of hydrogen-bond donors (Lipinski definition) is 0. The van der Waals surface area contributed by atoms with Gasteiger partial charge in [-0.05, 0) is 81.4 Å². The highest BCUT2D eigenvalue weighted by molar-refractivity contribution is 6.21. The maximum atomic E-state index is 7.53. The molecule has 0 amide bonds. The van der Waals surface area contributed by atoms with Crippen LogP contribution < -0.4 is 4.57 Å². The Bertz CT molecular complexity index is 2280. The van der Waals surface area contributed by atoms with Crippen molar-refractivity contribution in [3.05, 3.63) is 108 Å². The lowest BCUT2D eigenvalue weighted by Crippen LogP contribution is -2.57. The van der Waals surface area contributed by atoms with Crippen molar-refractivity contribution in [2.24, 2.45) is 17.9 Å². The van der Waals surface area contributed by atoms with E-state index in [1.54, 1.807) is 0 Å². The molecular formula is C42H44N3O+. The highest BCUT2D eigenvalue weighted by atomic mass is 16.5. The van der Waals surface area contributed by atoms with Gasteiger partial charge in [0.2, 0.25) is 5.52 Å². The predicted octanol–water partition coefficient (Wildman–Crippen LogP) is 10.5. The van der Waals surface area contributed by atoms with Crippen molar-refractivity contribution in [2.45, 2.75) is 73.0 Å². The topological polar surface area (TPSA) is 30.9 Å². The monoisotopic (exact) mass is 606 g/mol. The van der Waals surface area contributed by atoms with E-state index in [1.165, 1.54) is 54.8 Å². The molecule has 4 heterocycles. The van der Waals surface area contributed by atoms with Crippen LogP contribution in [0, 0.1) is 10.8 Å². The van der Waals surface area contributed by atoms with Gasteiger partial charge < -0.3 is 9.30 Å². The molecule has 2 aliphatic heterocycles. The number of allylic oxidation sites excluding steroid dienone is 3.